The SMILES string of the molecule is C=CC(=O)N1CCC(Oc2nc(-c3n[nH]c(=O)[nH]3)cc3ccc(Cl)cc23)C1. The number of likely N-dealkylation sites (tertiary alicyclic amines) is 1. The molecular formula is C18H16ClN5O3. The molecule has 0 spiro atoms. The number of halogens is 1. The van der Waals surface area contributed by atoms with Gasteiger partial charge in [0.05, 0.1) is 6.54 Å². The number of nitrogens with one attached hydrogen (secondary N) is 2. The van der Waals surface area contributed by atoms with Crippen LogP contribution in [0.15, 0.2) is 41.7 Å². The standard InChI is InChI=1S/C18H16ClN5O3/c1-2-15(25)24-6-5-12(9-24)27-17-13-8-11(19)4-3-10(13)7-14(20-17)16-21-18(26)23-22-16/h2-4,7-8,12H,1,5-6,9H2,(H2,21,22,23,26). The molecule has 0 aliphatic carbocycles. The Morgan fingerprint density at radius 3 is 3.00 bits per heavy atom. The minimum Gasteiger partial charge on any atom is -0.472 e. The zero-order chi connectivity index (χ0) is 19.0. The molecule has 1 saturated heterocycles. The van der Waals surface area contributed by atoms with Crippen LogP contribution in [0.25, 0.3) is 22.3 Å². The summed E-state index contributed by atoms with van der Waals surface area (Å²) in [5.74, 6) is 0.577. The lowest BCUT2D eigenvalue weighted by Gasteiger charge is -2.17. The molecule has 1 fully saturated rings. The lowest BCUT2D eigenvalue weighted by molar-refractivity contribution is -0.125. The molecule has 27 heavy (non-hydrogen) atoms. The van der Waals surface area contributed by atoms with Crippen LogP contribution in [-0.2, 0) is 4.79 Å². The lowest BCUT2D eigenvalue weighted by atomic mass is 10.1. The van der Waals surface area contributed by atoms with E-state index in [0.29, 0.717) is 41.9 Å². The van der Waals surface area contributed by atoms with Crippen LogP contribution < -0.4 is 10.4 Å². The average Bonchev–Trinajstić information content (AvgIpc) is 3.30. The zero-order valence-electron chi connectivity index (χ0n) is 14.2. The van der Waals surface area contributed by atoms with Gasteiger partial charge in [0.1, 0.15) is 11.8 Å². The van der Waals surface area contributed by atoms with Crippen LogP contribution in [0.2, 0.25) is 5.02 Å². The maximum Gasteiger partial charge on any atom is 0.340 e. The Hall–Kier alpha value is -3.13. The number of fused-ring (bicyclic) bond motifs is 1. The van der Waals surface area contributed by atoms with Gasteiger partial charge < -0.3 is 9.64 Å². The number of nitrogens with zero attached hydrogens (tertiary/aromatic N) is 3. The summed E-state index contributed by atoms with van der Waals surface area (Å²) in [6.07, 6.45) is 1.79. The molecule has 8 nitrogen and oxygen atoms in total. The second kappa shape index (κ2) is 6.88. The third-order valence-corrected chi connectivity index (χ3v) is 4.65. The first-order valence-corrected chi connectivity index (χ1v) is 8.74. The van der Waals surface area contributed by atoms with Gasteiger partial charge in [0, 0.05) is 23.4 Å². The molecule has 138 valence electrons. The molecule has 2 N–H and O–H groups in total. The topological polar surface area (TPSA) is 104 Å². The van der Waals surface area contributed by atoms with Crippen molar-refractivity contribution in [2.75, 3.05) is 13.1 Å². The van der Waals surface area contributed by atoms with E-state index in [1.807, 2.05) is 6.07 Å². The number of pyridine rings is 1. The number of benzene rings is 1. The van der Waals surface area contributed by atoms with E-state index < -0.39 is 5.69 Å². The molecule has 0 bridgehead atoms. The Bertz CT molecular complexity index is 1090. The molecule has 1 unspecified atom stereocenters. The Morgan fingerprint density at radius 1 is 1.41 bits per heavy atom. The van der Waals surface area contributed by atoms with Gasteiger partial charge in [0.2, 0.25) is 11.8 Å². The predicted octanol–water partition coefficient (Wildman–Crippen LogP) is 2.13. The lowest BCUT2D eigenvalue weighted by Crippen LogP contribution is -2.29. The van der Waals surface area contributed by atoms with Crippen LogP contribution in [0.5, 0.6) is 5.88 Å². The molecule has 1 aromatic carbocycles. The number of ether oxygens (including phenoxy) is 1. The zero-order valence-corrected chi connectivity index (χ0v) is 15.0. The molecule has 1 atom stereocenters. The van der Waals surface area contributed by atoms with Gasteiger partial charge in [-0.25, -0.2) is 14.9 Å². The highest BCUT2D eigenvalue weighted by atomic mass is 35.5. The van der Waals surface area contributed by atoms with E-state index in [9.17, 15) is 9.59 Å². The van der Waals surface area contributed by atoms with Crippen molar-refractivity contribution in [1.29, 1.82) is 0 Å². The molecule has 0 radical (unpaired) electrons. The summed E-state index contributed by atoms with van der Waals surface area (Å²) in [6, 6.07) is 7.19. The number of aromatic nitrogens is 4. The van der Waals surface area contributed by atoms with Gasteiger partial charge in [-0.15, -0.1) is 0 Å². The largest absolute Gasteiger partial charge is 0.472 e. The van der Waals surface area contributed by atoms with Gasteiger partial charge in [-0.05, 0) is 29.7 Å². The van der Waals surface area contributed by atoms with Crippen LogP contribution in [0.4, 0.5) is 0 Å². The number of amides is 1. The van der Waals surface area contributed by atoms with Crippen molar-refractivity contribution in [3.8, 4) is 17.4 Å². The number of rotatable bonds is 4. The van der Waals surface area contributed by atoms with Crippen LogP contribution in [-0.4, -0.2) is 50.2 Å². The first-order chi connectivity index (χ1) is 13.0. The number of H-pyrrole nitrogens is 2. The van der Waals surface area contributed by atoms with E-state index in [1.54, 1.807) is 23.1 Å². The molecule has 1 aliphatic rings. The van der Waals surface area contributed by atoms with Crippen molar-refractivity contribution in [2.24, 2.45) is 0 Å². The number of carbonyl (C=O) groups is 1. The molecule has 1 amide bonds. The Labute approximate surface area is 158 Å². The van der Waals surface area contributed by atoms with E-state index >= 15 is 0 Å². The van der Waals surface area contributed by atoms with Crippen LogP contribution in [0.3, 0.4) is 0 Å². The Morgan fingerprint density at radius 2 is 2.26 bits per heavy atom. The van der Waals surface area contributed by atoms with E-state index in [0.717, 1.165) is 10.8 Å². The summed E-state index contributed by atoms with van der Waals surface area (Å²) >= 11 is 6.14. The molecule has 1 aliphatic heterocycles. The summed E-state index contributed by atoms with van der Waals surface area (Å²) in [5, 5.41) is 8.41. The second-order valence-electron chi connectivity index (χ2n) is 6.22. The number of aromatic amines is 2. The van der Waals surface area contributed by atoms with E-state index in [2.05, 4.69) is 26.7 Å². The van der Waals surface area contributed by atoms with Gasteiger partial charge in [-0.3, -0.25) is 9.78 Å². The molecular weight excluding hydrogens is 370 g/mol. The third-order valence-electron chi connectivity index (χ3n) is 4.41. The predicted molar refractivity (Wildman–Crippen MR) is 101 cm³/mol. The fourth-order valence-electron chi connectivity index (χ4n) is 3.10. The minimum absolute atomic E-state index is 0.121. The molecule has 3 heterocycles. The van der Waals surface area contributed by atoms with Gasteiger partial charge in [-0.2, -0.15) is 5.10 Å². The van der Waals surface area contributed by atoms with Crippen LogP contribution in [0, 0.1) is 0 Å². The summed E-state index contributed by atoms with van der Waals surface area (Å²) in [6.45, 7) is 4.57. The van der Waals surface area contributed by atoms with Crippen molar-refractivity contribution in [3.05, 3.63) is 52.4 Å². The van der Waals surface area contributed by atoms with E-state index in [1.165, 1.54) is 6.08 Å². The van der Waals surface area contributed by atoms with Crippen LogP contribution >= 0.6 is 11.6 Å². The molecule has 2 aromatic heterocycles. The van der Waals surface area contributed by atoms with Crippen molar-refractivity contribution in [3.63, 3.8) is 0 Å². The minimum atomic E-state index is -0.417. The molecule has 0 saturated carbocycles. The van der Waals surface area contributed by atoms with Crippen molar-refractivity contribution < 1.29 is 9.53 Å². The highest BCUT2D eigenvalue weighted by molar-refractivity contribution is 6.31. The van der Waals surface area contributed by atoms with Crippen LogP contribution in [0.1, 0.15) is 6.42 Å². The normalized spacial score (nSPS) is 16.6. The van der Waals surface area contributed by atoms with Gasteiger partial charge in [-0.1, -0.05) is 24.2 Å². The summed E-state index contributed by atoms with van der Waals surface area (Å²) in [5.41, 5.74) is 0.0510. The molecule has 3 aromatic rings. The van der Waals surface area contributed by atoms with Crippen molar-refractivity contribution in [1.82, 2.24) is 25.1 Å². The maximum atomic E-state index is 11.8. The maximum absolute atomic E-state index is 11.8. The first kappa shape index (κ1) is 17.3. The third kappa shape index (κ3) is 3.43. The highest BCUT2D eigenvalue weighted by Crippen LogP contribution is 2.31. The van der Waals surface area contributed by atoms with E-state index in [4.69, 9.17) is 16.3 Å². The van der Waals surface area contributed by atoms with Crippen molar-refractivity contribution in [2.45, 2.75) is 12.5 Å². The van der Waals surface area contributed by atoms with Crippen molar-refractivity contribution >= 4 is 28.3 Å². The monoisotopic (exact) mass is 385 g/mol. The summed E-state index contributed by atoms with van der Waals surface area (Å²) in [7, 11) is 0. The average molecular weight is 386 g/mol. The Balaban J connectivity index is 1.72. The number of hydrogen-bond donors (Lipinski definition) is 2. The smallest absolute Gasteiger partial charge is 0.340 e. The second-order valence-corrected chi connectivity index (χ2v) is 6.66. The van der Waals surface area contributed by atoms with Gasteiger partial charge in [0.25, 0.3) is 0 Å². The van der Waals surface area contributed by atoms with E-state index in [-0.39, 0.29) is 12.0 Å². The first-order valence-electron chi connectivity index (χ1n) is 8.37. The highest BCUT2D eigenvalue weighted by Gasteiger charge is 2.27. The van der Waals surface area contributed by atoms with Gasteiger partial charge in [0.15, 0.2) is 5.82 Å². The summed E-state index contributed by atoms with van der Waals surface area (Å²) < 4.78 is 6.11. The van der Waals surface area contributed by atoms with Gasteiger partial charge >= 0.3 is 5.69 Å². The summed E-state index contributed by atoms with van der Waals surface area (Å²) in [4.78, 5) is 31.9. The number of carbonyl (C=O) groups excluding carboxylic acids is 1. The number of hydrogen-bond acceptors (Lipinski definition) is 5. The molecule has 4 rings (SSSR count). The molecule has 9 heteroatoms. The fourth-order valence-corrected chi connectivity index (χ4v) is 3.27. The fraction of sp³-hybridized carbons (Fsp3) is 0.222. The quantitative estimate of drug-likeness (QED) is 0.669. The Kier molecular flexibility index (Phi) is 4.41.